The monoisotopic (exact) mass is 567 g/mol. The summed E-state index contributed by atoms with van der Waals surface area (Å²) in [7, 11) is 3.40. The van der Waals surface area contributed by atoms with Crippen molar-refractivity contribution in [1.82, 2.24) is 0 Å². The molecule has 0 saturated heterocycles. The van der Waals surface area contributed by atoms with E-state index in [9.17, 15) is 0 Å². The molecule has 4 heteroatoms. The van der Waals surface area contributed by atoms with Crippen LogP contribution in [0.3, 0.4) is 0 Å². The predicted octanol–water partition coefficient (Wildman–Crippen LogP) is 3.20. The first-order valence-electron chi connectivity index (χ1n) is 5.09. The number of methoxy groups -OCH3 is 2. The van der Waals surface area contributed by atoms with E-state index in [-0.39, 0.29) is 51.7 Å². The van der Waals surface area contributed by atoms with Crippen LogP contribution >= 0.6 is 0 Å². The van der Waals surface area contributed by atoms with Gasteiger partial charge < -0.3 is 9.47 Å². The minimum absolute atomic E-state index is 0. The third-order valence-corrected chi connectivity index (χ3v) is 2.87. The van der Waals surface area contributed by atoms with Crippen LogP contribution in [0.25, 0.3) is 0 Å². The number of rotatable bonds is 3. The van der Waals surface area contributed by atoms with Crippen LogP contribution in [0.15, 0.2) is 0 Å². The van der Waals surface area contributed by atoms with Crippen LogP contribution in [-0.2, 0) is 51.7 Å². The van der Waals surface area contributed by atoms with E-state index in [1.54, 1.807) is 14.2 Å². The fourth-order valence-electron chi connectivity index (χ4n) is 2.24. The second-order valence-electron chi connectivity index (χ2n) is 3.64. The van der Waals surface area contributed by atoms with Crippen molar-refractivity contribution in [3.8, 4) is 11.5 Å². The number of hydrogen-bond donors (Lipinski definition) is 0. The fraction of sp³-hybridized carbons (Fsp3) is 0.462. The normalized spacial score (nSPS) is 8.82. The van der Waals surface area contributed by atoms with Gasteiger partial charge in [0.15, 0.2) is 0 Å². The molecule has 0 aliphatic carbocycles. The zero-order chi connectivity index (χ0) is 11.6. The van der Waals surface area contributed by atoms with Gasteiger partial charge >= 0.3 is 0 Å². The zero-order valence-corrected chi connectivity index (χ0v) is 18.6. The maximum atomic E-state index is 5.42. The summed E-state index contributed by atoms with van der Waals surface area (Å²) < 4.78 is 10.8. The summed E-state index contributed by atoms with van der Waals surface area (Å²) in [6, 6.07) is 0. The average molecular weight is 564 g/mol. The smallest absolute Gasteiger partial charge is 0.0759 e. The van der Waals surface area contributed by atoms with Gasteiger partial charge in [0.25, 0.3) is 0 Å². The molecule has 0 unspecified atom stereocenters. The molecule has 0 bridgehead atoms. The number of ether oxygens (including phenoxy) is 2. The molecule has 0 aromatic heterocycles. The first-order valence-corrected chi connectivity index (χ1v) is 5.09. The molecule has 1 aromatic carbocycles. The molecule has 0 aliphatic heterocycles. The van der Waals surface area contributed by atoms with Crippen molar-refractivity contribution in [2.24, 2.45) is 0 Å². The Hall–Kier alpha value is 0.430. The molecular weight excluding hydrogens is 545 g/mol. The number of benzene rings is 1. The topological polar surface area (TPSA) is 18.5 Å². The van der Waals surface area contributed by atoms with Crippen LogP contribution in [0.1, 0.15) is 29.2 Å². The summed E-state index contributed by atoms with van der Waals surface area (Å²) in [6.07, 6.45) is 2.09. The van der Waals surface area contributed by atoms with Crippen LogP contribution in [0.4, 0.5) is 0 Å². The molecular formula is C13H19Hf2O2-. The summed E-state index contributed by atoms with van der Waals surface area (Å²) in [6.45, 7) is 8.21. The summed E-state index contributed by atoms with van der Waals surface area (Å²) in [5, 5.41) is 0. The SMILES string of the molecule is C[CH-]c1c(C)c(OC)c(C)c(OC)c1C.[Hf].[Hf]. The van der Waals surface area contributed by atoms with Crippen molar-refractivity contribution < 1.29 is 61.2 Å². The molecule has 0 fully saturated rings. The minimum atomic E-state index is 0. The molecule has 0 radical (unpaired) electrons. The largest absolute Gasteiger partial charge is 0.509 e. The second kappa shape index (κ2) is 8.52. The molecule has 2 nitrogen and oxygen atoms in total. The maximum absolute atomic E-state index is 5.42. The van der Waals surface area contributed by atoms with Gasteiger partial charge in [0.2, 0.25) is 0 Å². The molecule has 0 N–H and O–H groups in total. The van der Waals surface area contributed by atoms with Crippen molar-refractivity contribution >= 4 is 0 Å². The van der Waals surface area contributed by atoms with Gasteiger partial charge in [0, 0.05) is 57.3 Å². The Morgan fingerprint density at radius 2 is 1.12 bits per heavy atom. The van der Waals surface area contributed by atoms with Gasteiger partial charge in [-0.1, -0.05) is 20.8 Å². The average Bonchev–Trinajstić information content (AvgIpc) is 2.19. The Morgan fingerprint density at radius 3 is 1.35 bits per heavy atom. The number of hydrogen-bond acceptors (Lipinski definition) is 2. The van der Waals surface area contributed by atoms with Crippen molar-refractivity contribution in [2.45, 2.75) is 27.7 Å². The van der Waals surface area contributed by atoms with Gasteiger partial charge in [0.1, 0.15) is 0 Å². The first-order chi connectivity index (χ1) is 7.08. The molecule has 0 amide bonds. The summed E-state index contributed by atoms with van der Waals surface area (Å²) >= 11 is 0. The molecule has 92 valence electrons. The van der Waals surface area contributed by atoms with E-state index in [4.69, 9.17) is 9.47 Å². The van der Waals surface area contributed by atoms with E-state index in [1.807, 2.05) is 13.8 Å². The molecule has 0 aliphatic rings. The molecule has 1 rings (SSSR count). The van der Waals surface area contributed by atoms with E-state index < -0.39 is 0 Å². The molecule has 0 spiro atoms. The Morgan fingerprint density at radius 1 is 0.765 bits per heavy atom. The first kappa shape index (κ1) is 19.8. The molecule has 0 saturated carbocycles. The summed E-state index contributed by atoms with van der Waals surface area (Å²) in [5.41, 5.74) is 4.63. The van der Waals surface area contributed by atoms with E-state index >= 15 is 0 Å². The Bertz CT molecular complexity index is 298. The Balaban J connectivity index is 0. The quantitative estimate of drug-likeness (QED) is 0.415. The molecule has 0 atom stereocenters. The van der Waals surface area contributed by atoms with Crippen molar-refractivity contribution in [3.63, 3.8) is 0 Å². The fourth-order valence-corrected chi connectivity index (χ4v) is 2.24. The zero-order valence-electron chi connectivity index (χ0n) is 11.4. The molecule has 0 heterocycles. The van der Waals surface area contributed by atoms with Crippen molar-refractivity contribution in [3.05, 3.63) is 28.7 Å². The Kier molecular flexibility index (Phi) is 9.90. The van der Waals surface area contributed by atoms with Crippen LogP contribution in [0.2, 0.25) is 0 Å². The maximum Gasteiger partial charge on any atom is 0.0759 e. The summed E-state index contributed by atoms with van der Waals surface area (Å²) in [4.78, 5) is 0. The van der Waals surface area contributed by atoms with E-state index in [2.05, 4.69) is 20.3 Å². The standard InChI is InChI=1S/C13H19O2.2Hf/c1-7-11-8(2)12(14-5)10(4)13(15-6)9(11)3;;/h7H,1-6H3;;/q-1;;. The van der Waals surface area contributed by atoms with E-state index in [0.717, 1.165) is 17.1 Å². The van der Waals surface area contributed by atoms with Gasteiger partial charge in [-0.2, -0.15) is 12.0 Å². The van der Waals surface area contributed by atoms with Gasteiger partial charge in [-0.05, 0) is 6.92 Å². The second-order valence-corrected chi connectivity index (χ2v) is 3.64. The van der Waals surface area contributed by atoms with Gasteiger partial charge in [0.05, 0.1) is 25.7 Å². The molecule has 1 aromatic rings. The minimum Gasteiger partial charge on any atom is -0.509 e. The van der Waals surface area contributed by atoms with Crippen LogP contribution < -0.4 is 9.47 Å². The van der Waals surface area contributed by atoms with E-state index in [1.165, 1.54) is 16.7 Å². The van der Waals surface area contributed by atoms with Crippen molar-refractivity contribution in [1.29, 1.82) is 0 Å². The van der Waals surface area contributed by atoms with Crippen LogP contribution in [0, 0.1) is 27.2 Å². The van der Waals surface area contributed by atoms with Gasteiger partial charge in [-0.3, -0.25) is 0 Å². The van der Waals surface area contributed by atoms with Gasteiger partial charge in [-0.15, -0.1) is 11.1 Å². The van der Waals surface area contributed by atoms with Gasteiger partial charge in [-0.25, -0.2) is 0 Å². The van der Waals surface area contributed by atoms with E-state index in [0.29, 0.717) is 0 Å². The third-order valence-electron chi connectivity index (χ3n) is 2.87. The third kappa shape index (κ3) is 3.69. The Labute approximate surface area is 142 Å². The van der Waals surface area contributed by atoms with Crippen LogP contribution in [-0.4, -0.2) is 14.2 Å². The van der Waals surface area contributed by atoms with Crippen molar-refractivity contribution in [2.75, 3.05) is 14.2 Å². The molecule has 17 heavy (non-hydrogen) atoms. The summed E-state index contributed by atoms with van der Waals surface area (Å²) in [5.74, 6) is 1.84. The van der Waals surface area contributed by atoms with Crippen LogP contribution in [0.5, 0.6) is 11.5 Å². The predicted molar refractivity (Wildman–Crippen MR) is 62.8 cm³/mol.